The third-order valence-corrected chi connectivity index (χ3v) is 4.01. The quantitative estimate of drug-likeness (QED) is 0.699. The van der Waals surface area contributed by atoms with E-state index >= 15 is 0 Å². The van der Waals surface area contributed by atoms with E-state index in [4.69, 9.17) is 0 Å². The predicted octanol–water partition coefficient (Wildman–Crippen LogP) is 3.05. The van der Waals surface area contributed by atoms with Gasteiger partial charge in [-0.1, -0.05) is 20.8 Å². The molecule has 0 atom stereocenters. The minimum atomic E-state index is -0.424. The second-order valence-electron chi connectivity index (χ2n) is 7.21. The van der Waals surface area contributed by atoms with Gasteiger partial charge in [0, 0.05) is 42.7 Å². The van der Waals surface area contributed by atoms with Gasteiger partial charge in [-0.05, 0) is 44.5 Å². The average Bonchev–Trinajstić information content (AvgIpc) is 2.59. The number of anilines is 1. The van der Waals surface area contributed by atoms with Crippen LogP contribution in [0.1, 0.15) is 57.8 Å². The minimum absolute atomic E-state index is 0.0116. The zero-order valence-electron chi connectivity index (χ0n) is 16.5. The lowest BCUT2D eigenvalue weighted by atomic mass is 9.96. The molecular formula is C20H31N3O3. The first-order valence-corrected chi connectivity index (χ1v) is 9.16. The number of hydrogen-bond donors (Lipinski definition) is 2. The van der Waals surface area contributed by atoms with Crippen molar-refractivity contribution < 1.29 is 14.4 Å². The van der Waals surface area contributed by atoms with E-state index in [1.807, 2.05) is 34.6 Å². The smallest absolute Gasteiger partial charge is 0.253 e. The van der Waals surface area contributed by atoms with Gasteiger partial charge >= 0.3 is 0 Å². The van der Waals surface area contributed by atoms with E-state index in [0.717, 1.165) is 0 Å². The van der Waals surface area contributed by atoms with Crippen LogP contribution in [0, 0.1) is 5.41 Å². The second kappa shape index (κ2) is 9.94. The van der Waals surface area contributed by atoms with Crippen molar-refractivity contribution in [3.8, 4) is 0 Å². The Kier molecular flexibility index (Phi) is 8.29. The Morgan fingerprint density at radius 3 is 2.08 bits per heavy atom. The summed E-state index contributed by atoms with van der Waals surface area (Å²) in [7, 11) is 0. The molecule has 0 unspecified atom stereocenters. The van der Waals surface area contributed by atoms with Crippen molar-refractivity contribution in [3.05, 3.63) is 29.8 Å². The molecule has 0 saturated heterocycles. The van der Waals surface area contributed by atoms with E-state index in [0.29, 0.717) is 43.7 Å². The fourth-order valence-electron chi connectivity index (χ4n) is 2.33. The summed E-state index contributed by atoms with van der Waals surface area (Å²) in [5.74, 6) is -0.147. The molecule has 0 saturated carbocycles. The normalized spacial score (nSPS) is 11.0. The van der Waals surface area contributed by atoms with Crippen LogP contribution in [0.25, 0.3) is 0 Å². The highest BCUT2D eigenvalue weighted by Gasteiger charge is 2.20. The Balaban J connectivity index is 2.43. The van der Waals surface area contributed by atoms with E-state index in [1.54, 1.807) is 29.2 Å². The molecule has 6 heteroatoms. The third-order valence-electron chi connectivity index (χ3n) is 4.01. The summed E-state index contributed by atoms with van der Waals surface area (Å²) in [6.45, 7) is 11.2. The zero-order valence-corrected chi connectivity index (χ0v) is 16.5. The maximum Gasteiger partial charge on any atom is 0.253 e. The summed E-state index contributed by atoms with van der Waals surface area (Å²) < 4.78 is 0. The number of carbonyl (C=O) groups is 3. The van der Waals surface area contributed by atoms with Gasteiger partial charge in [0.05, 0.1) is 0 Å². The predicted molar refractivity (Wildman–Crippen MR) is 104 cm³/mol. The monoisotopic (exact) mass is 361 g/mol. The molecule has 0 aromatic heterocycles. The molecule has 1 aromatic carbocycles. The van der Waals surface area contributed by atoms with Crippen molar-refractivity contribution in [3.63, 3.8) is 0 Å². The van der Waals surface area contributed by atoms with Crippen molar-refractivity contribution in [2.45, 2.75) is 47.5 Å². The van der Waals surface area contributed by atoms with Crippen LogP contribution in [0.4, 0.5) is 5.69 Å². The Bertz CT molecular complexity index is 614. The lowest BCUT2D eigenvalue weighted by molar-refractivity contribution is -0.128. The maximum absolute atomic E-state index is 12.2. The number of rotatable bonds is 8. The Morgan fingerprint density at radius 1 is 1.00 bits per heavy atom. The topological polar surface area (TPSA) is 78.5 Å². The maximum atomic E-state index is 12.2. The fourth-order valence-corrected chi connectivity index (χ4v) is 2.33. The number of nitrogens with zero attached hydrogens (tertiary/aromatic N) is 1. The standard InChI is InChI=1S/C20H31N3O3/c1-6-23(7-2)18(25)15-10-12-16(13-11-15)22-17(24)9-8-14-21-19(26)20(3,4)5/h10-13H,6-9,14H2,1-5H3,(H,21,26)(H,22,24). The van der Waals surface area contributed by atoms with Gasteiger partial charge in [0.1, 0.15) is 0 Å². The highest BCUT2D eigenvalue weighted by Crippen LogP contribution is 2.13. The fraction of sp³-hybridized carbons (Fsp3) is 0.550. The molecule has 0 aliphatic carbocycles. The van der Waals surface area contributed by atoms with Gasteiger partial charge < -0.3 is 15.5 Å². The summed E-state index contributed by atoms with van der Waals surface area (Å²) in [5, 5.41) is 5.63. The van der Waals surface area contributed by atoms with Crippen LogP contribution in [0.5, 0.6) is 0 Å². The first-order valence-electron chi connectivity index (χ1n) is 9.16. The van der Waals surface area contributed by atoms with Crippen molar-refractivity contribution in [1.82, 2.24) is 10.2 Å². The molecule has 0 aliphatic heterocycles. The van der Waals surface area contributed by atoms with Crippen molar-refractivity contribution >= 4 is 23.4 Å². The van der Waals surface area contributed by atoms with Gasteiger partial charge in [-0.25, -0.2) is 0 Å². The van der Waals surface area contributed by atoms with Gasteiger partial charge in [-0.2, -0.15) is 0 Å². The number of nitrogens with one attached hydrogen (secondary N) is 2. The lowest BCUT2D eigenvalue weighted by Gasteiger charge is -2.18. The number of benzene rings is 1. The Morgan fingerprint density at radius 2 is 1.58 bits per heavy atom. The van der Waals surface area contributed by atoms with Crippen LogP contribution in [0.2, 0.25) is 0 Å². The summed E-state index contributed by atoms with van der Waals surface area (Å²) >= 11 is 0. The van der Waals surface area contributed by atoms with Gasteiger partial charge in [0.2, 0.25) is 11.8 Å². The summed E-state index contributed by atoms with van der Waals surface area (Å²) in [6, 6.07) is 6.91. The molecule has 0 radical (unpaired) electrons. The lowest BCUT2D eigenvalue weighted by Crippen LogP contribution is -2.35. The van der Waals surface area contributed by atoms with Gasteiger partial charge in [-0.15, -0.1) is 0 Å². The number of amides is 3. The Hall–Kier alpha value is -2.37. The summed E-state index contributed by atoms with van der Waals surface area (Å²) in [4.78, 5) is 37.7. The molecule has 2 N–H and O–H groups in total. The van der Waals surface area contributed by atoms with Crippen molar-refractivity contribution in [1.29, 1.82) is 0 Å². The Labute approximate surface area is 156 Å². The molecule has 26 heavy (non-hydrogen) atoms. The molecule has 0 spiro atoms. The van der Waals surface area contributed by atoms with E-state index in [1.165, 1.54) is 0 Å². The molecule has 0 bridgehead atoms. The molecule has 3 amide bonds. The number of hydrogen-bond acceptors (Lipinski definition) is 3. The highest BCUT2D eigenvalue weighted by atomic mass is 16.2. The summed E-state index contributed by atoms with van der Waals surface area (Å²) in [5.41, 5.74) is 0.841. The largest absolute Gasteiger partial charge is 0.356 e. The van der Waals surface area contributed by atoms with E-state index in [9.17, 15) is 14.4 Å². The minimum Gasteiger partial charge on any atom is -0.356 e. The van der Waals surface area contributed by atoms with Crippen LogP contribution >= 0.6 is 0 Å². The van der Waals surface area contributed by atoms with Crippen LogP contribution < -0.4 is 10.6 Å². The van der Waals surface area contributed by atoms with Gasteiger partial charge in [0.25, 0.3) is 5.91 Å². The molecule has 1 aromatic rings. The van der Waals surface area contributed by atoms with E-state index in [2.05, 4.69) is 10.6 Å². The van der Waals surface area contributed by atoms with Crippen LogP contribution in [0.15, 0.2) is 24.3 Å². The molecule has 0 aliphatic rings. The molecule has 144 valence electrons. The van der Waals surface area contributed by atoms with E-state index < -0.39 is 5.41 Å². The SMILES string of the molecule is CCN(CC)C(=O)c1ccc(NC(=O)CCCNC(=O)C(C)(C)C)cc1. The molecule has 0 heterocycles. The van der Waals surface area contributed by atoms with Gasteiger partial charge in [-0.3, -0.25) is 14.4 Å². The first kappa shape index (κ1) is 21.7. The average molecular weight is 361 g/mol. The van der Waals surface area contributed by atoms with Gasteiger partial charge in [0.15, 0.2) is 0 Å². The number of carbonyl (C=O) groups excluding carboxylic acids is 3. The van der Waals surface area contributed by atoms with Crippen molar-refractivity contribution in [2.24, 2.45) is 5.41 Å². The van der Waals surface area contributed by atoms with Crippen LogP contribution in [0.3, 0.4) is 0 Å². The molecular weight excluding hydrogens is 330 g/mol. The highest BCUT2D eigenvalue weighted by molar-refractivity contribution is 5.95. The first-order chi connectivity index (χ1) is 12.2. The third kappa shape index (κ3) is 6.86. The van der Waals surface area contributed by atoms with Crippen LogP contribution in [-0.4, -0.2) is 42.3 Å². The molecule has 6 nitrogen and oxygen atoms in total. The van der Waals surface area contributed by atoms with Crippen molar-refractivity contribution in [2.75, 3.05) is 25.0 Å². The van der Waals surface area contributed by atoms with E-state index in [-0.39, 0.29) is 17.7 Å². The molecule has 1 rings (SSSR count). The van der Waals surface area contributed by atoms with Crippen LogP contribution in [-0.2, 0) is 9.59 Å². The molecule has 0 fully saturated rings. The zero-order chi connectivity index (χ0) is 19.7. The second-order valence-corrected chi connectivity index (χ2v) is 7.21. The summed E-state index contributed by atoms with van der Waals surface area (Å²) in [6.07, 6.45) is 0.900.